The first-order valence-electron chi connectivity index (χ1n) is 6.78. The molecule has 1 nitrogen and oxygen atoms in total. The molecule has 0 saturated heterocycles. The summed E-state index contributed by atoms with van der Waals surface area (Å²) in [6, 6.07) is 21.0. The lowest BCUT2D eigenvalue weighted by Crippen LogP contribution is -2.00. The van der Waals surface area contributed by atoms with E-state index < -0.39 is 0 Å². The maximum Gasteiger partial charge on any atom is 0.107 e. The third-order valence-corrected chi connectivity index (χ3v) is 3.54. The van der Waals surface area contributed by atoms with E-state index in [2.05, 4.69) is 54.5 Å². The van der Waals surface area contributed by atoms with E-state index in [4.69, 9.17) is 11.2 Å². The van der Waals surface area contributed by atoms with Gasteiger partial charge in [0.25, 0.3) is 0 Å². The lowest BCUT2D eigenvalue weighted by Gasteiger charge is -2.02. The normalized spacial score (nSPS) is 14.2. The zero-order valence-corrected chi connectivity index (χ0v) is 11.3. The second kappa shape index (κ2) is 5.77. The minimum atomic E-state index is 0.369. The van der Waals surface area contributed by atoms with E-state index >= 15 is 0 Å². The van der Waals surface area contributed by atoms with Crippen LogP contribution in [0.2, 0.25) is 0 Å². The van der Waals surface area contributed by atoms with Crippen LogP contribution in [0.15, 0.2) is 60.7 Å². The molecule has 0 radical (unpaired) electrons. The molecule has 1 aliphatic rings. The first-order valence-corrected chi connectivity index (χ1v) is 6.78. The highest BCUT2D eigenvalue weighted by Gasteiger charge is 2.37. The fraction of sp³-hybridized carbons (Fsp3) is 0.158. The molecule has 2 aromatic carbocycles. The lowest BCUT2D eigenvalue weighted by atomic mass is 10.1. The van der Waals surface area contributed by atoms with E-state index in [0.29, 0.717) is 19.1 Å². The summed E-state index contributed by atoms with van der Waals surface area (Å²) < 4.78 is 5.53. The van der Waals surface area contributed by atoms with Crippen molar-refractivity contribution in [2.45, 2.75) is 0 Å². The molecule has 0 unspecified atom stereocenters. The van der Waals surface area contributed by atoms with Gasteiger partial charge in [0.05, 0.1) is 6.61 Å². The van der Waals surface area contributed by atoms with E-state index in [1.165, 1.54) is 22.3 Å². The van der Waals surface area contributed by atoms with Crippen LogP contribution in [0.25, 0.3) is 11.1 Å². The highest BCUT2D eigenvalue weighted by Crippen LogP contribution is 2.53. The van der Waals surface area contributed by atoms with Gasteiger partial charge in [-0.05, 0) is 22.3 Å². The number of rotatable bonds is 5. The van der Waals surface area contributed by atoms with Gasteiger partial charge in [-0.3, -0.25) is 0 Å². The van der Waals surface area contributed by atoms with Gasteiger partial charge in [-0.15, -0.1) is 6.42 Å². The van der Waals surface area contributed by atoms with Gasteiger partial charge in [0.2, 0.25) is 0 Å². The Morgan fingerprint density at radius 1 is 0.850 bits per heavy atom. The Morgan fingerprint density at radius 2 is 1.35 bits per heavy atom. The Hall–Kier alpha value is -2.30. The summed E-state index contributed by atoms with van der Waals surface area (Å²) in [6.07, 6.45) is 5.24. The molecule has 0 atom stereocenters. The minimum Gasteiger partial charge on any atom is -0.368 e. The average Bonchev–Trinajstić information content (AvgIpc) is 3.24. The Bertz CT molecular complexity index is 598. The van der Waals surface area contributed by atoms with Crippen LogP contribution >= 0.6 is 0 Å². The van der Waals surface area contributed by atoms with Crippen LogP contribution < -0.4 is 0 Å². The van der Waals surface area contributed by atoms with Crippen molar-refractivity contribution in [1.82, 2.24) is 0 Å². The maximum absolute atomic E-state index is 5.53. The van der Waals surface area contributed by atoms with Gasteiger partial charge in [-0.25, -0.2) is 0 Å². The van der Waals surface area contributed by atoms with Crippen molar-refractivity contribution in [3.05, 3.63) is 71.8 Å². The number of hydrogen-bond donors (Lipinski definition) is 0. The first-order chi connectivity index (χ1) is 9.92. The number of terminal acetylenes is 1. The summed E-state index contributed by atoms with van der Waals surface area (Å²) in [7, 11) is 0. The molecule has 0 aromatic heterocycles. The Morgan fingerprint density at radius 3 is 1.80 bits per heavy atom. The standard InChI is InChI=1S/C19H16O/c1-2-13-20-14-17-18(15-9-5-3-6-10-15)19(17)16-11-7-4-8-12-16/h1,3-12,17H,13-14H2. The zero-order chi connectivity index (χ0) is 13.8. The molecular weight excluding hydrogens is 244 g/mol. The van der Waals surface area contributed by atoms with Crippen LogP contribution in [0.4, 0.5) is 0 Å². The highest BCUT2D eigenvalue weighted by molar-refractivity contribution is 6.10. The molecule has 0 N–H and O–H groups in total. The van der Waals surface area contributed by atoms with Crippen molar-refractivity contribution in [2.24, 2.45) is 5.92 Å². The summed E-state index contributed by atoms with van der Waals surface area (Å²) in [5.41, 5.74) is 5.32. The molecule has 0 spiro atoms. The average molecular weight is 260 g/mol. The Labute approximate surface area is 119 Å². The second-order valence-electron chi connectivity index (χ2n) is 4.83. The fourth-order valence-electron chi connectivity index (χ4n) is 2.62. The van der Waals surface area contributed by atoms with Crippen molar-refractivity contribution in [2.75, 3.05) is 13.2 Å². The summed E-state index contributed by atoms with van der Waals surface area (Å²) in [5.74, 6) is 2.89. The first kappa shape index (κ1) is 12.7. The van der Waals surface area contributed by atoms with Crippen LogP contribution in [0.1, 0.15) is 11.1 Å². The summed E-state index contributed by atoms with van der Waals surface area (Å²) in [5, 5.41) is 0. The van der Waals surface area contributed by atoms with Crippen LogP contribution in [0.5, 0.6) is 0 Å². The van der Waals surface area contributed by atoms with Gasteiger partial charge in [-0.1, -0.05) is 66.6 Å². The molecule has 0 fully saturated rings. The maximum atomic E-state index is 5.53. The molecule has 0 heterocycles. The van der Waals surface area contributed by atoms with Crippen LogP contribution in [0.3, 0.4) is 0 Å². The van der Waals surface area contributed by atoms with E-state index in [-0.39, 0.29) is 0 Å². The molecule has 2 aromatic rings. The predicted octanol–water partition coefficient (Wildman–Crippen LogP) is 3.88. The topological polar surface area (TPSA) is 9.23 Å². The highest BCUT2D eigenvalue weighted by atomic mass is 16.5. The van der Waals surface area contributed by atoms with Crippen molar-refractivity contribution in [1.29, 1.82) is 0 Å². The van der Waals surface area contributed by atoms with Crippen LogP contribution in [-0.4, -0.2) is 13.2 Å². The predicted molar refractivity (Wildman–Crippen MR) is 82.8 cm³/mol. The fourth-order valence-corrected chi connectivity index (χ4v) is 2.62. The lowest BCUT2D eigenvalue weighted by molar-refractivity contribution is 0.164. The van der Waals surface area contributed by atoms with Crippen molar-refractivity contribution in [3.63, 3.8) is 0 Å². The molecule has 98 valence electrons. The summed E-state index contributed by atoms with van der Waals surface area (Å²) in [4.78, 5) is 0. The van der Waals surface area contributed by atoms with Gasteiger partial charge in [0, 0.05) is 5.92 Å². The molecule has 1 heteroatoms. The van der Waals surface area contributed by atoms with E-state index in [9.17, 15) is 0 Å². The van der Waals surface area contributed by atoms with Crippen molar-refractivity contribution in [3.8, 4) is 12.3 Å². The van der Waals surface area contributed by atoms with Gasteiger partial charge >= 0.3 is 0 Å². The molecule has 0 amide bonds. The van der Waals surface area contributed by atoms with Gasteiger partial charge < -0.3 is 4.74 Å². The molecule has 20 heavy (non-hydrogen) atoms. The SMILES string of the molecule is C#CCOCC1C(c2ccccc2)=C1c1ccccc1. The quantitative estimate of drug-likeness (QED) is 0.585. The molecule has 1 aliphatic carbocycles. The van der Waals surface area contributed by atoms with Gasteiger partial charge in [-0.2, -0.15) is 0 Å². The summed E-state index contributed by atoms with van der Waals surface area (Å²) >= 11 is 0. The smallest absolute Gasteiger partial charge is 0.107 e. The van der Waals surface area contributed by atoms with E-state index in [0.717, 1.165) is 0 Å². The van der Waals surface area contributed by atoms with Crippen molar-refractivity contribution >= 4 is 11.1 Å². The Balaban J connectivity index is 1.86. The van der Waals surface area contributed by atoms with Crippen molar-refractivity contribution < 1.29 is 4.74 Å². The monoisotopic (exact) mass is 260 g/mol. The van der Waals surface area contributed by atoms with E-state index in [1.807, 2.05) is 12.1 Å². The second-order valence-corrected chi connectivity index (χ2v) is 4.83. The molecule has 3 rings (SSSR count). The largest absolute Gasteiger partial charge is 0.368 e. The van der Waals surface area contributed by atoms with Gasteiger partial charge in [0.1, 0.15) is 6.61 Å². The third kappa shape index (κ3) is 2.52. The van der Waals surface area contributed by atoms with E-state index in [1.54, 1.807) is 0 Å². The van der Waals surface area contributed by atoms with Crippen LogP contribution in [-0.2, 0) is 4.74 Å². The molecule has 0 bridgehead atoms. The molecular formula is C19H16O. The zero-order valence-electron chi connectivity index (χ0n) is 11.3. The molecule has 0 aliphatic heterocycles. The number of ether oxygens (including phenoxy) is 1. The molecule has 0 saturated carbocycles. The minimum absolute atomic E-state index is 0.369. The number of benzene rings is 2. The third-order valence-electron chi connectivity index (χ3n) is 3.54. The summed E-state index contributed by atoms with van der Waals surface area (Å²) in [6.45, 7) is 1.04. The Kier molecular flexibility index (Phi) is 3.67. The van der Waals surface area contributed by atoms with Gasteiger partial charge in [0.15, 0.2) is 0 Å². The van der Waals surface area contributed by atoms with Crippen LogP contribution in [0, 0.1) is 18.3 Å². The number of hydrogen-bond acceptors (Lipinski definition) is 1.